The fourth-order valence-corrected chi connectivity index (χ4v) is 5.99. The van der Waals surface area contributed by atoms with Crippen LogP contribution in [-0.4, -0.2) is 138 Å². The Morgan fingerprint density at radius 2 is 0.353 bits per heavy atom. The molecule has 0 heterocycles. The van der Waals surface area contributed by atoms with Gasteiger partial charge in [-0.2, -0.15) is 4.21 Å². The number of hydrogen-bond acceptors (Lipinski definition) is 14. The Kier molecular flexibility index (Phi) is 73.6. The molecular formula is C30H60MoN6OS13-6. The van der Waals surface area contributed by atoms with Gasteiger partial charge < -0.3 is 178 Å². The molecule has 0 aliphatic heterocycles. The molecule has 0 bridgehead atoms. The number of rotatable bonds is 12. The van der Waals surface area contributed by atoms with Crippen LogP contribution < -0.4 is 0 Å². The summed E-state index contributed by atoms with van der Waals surface area (Å²) >= 11 is 59.9. The minimum absolute atomic E-state index is 0. The Bertz CT molecular complexity index is 673. The molecule has 0 spiro atoms. The smallest absolute Gasteiger partial charge is 0.197 e. The van der Waals surface area contributed by atoms with E-state index < -0.39 is 0 Å². The van der Waals surface area contributed by atoms with E-state index in [0.717, 1.165) is 78.5 Å². The van der Waals surface area contributed by atoms with Crippen LogP contribution in [0.25, 0.3) is 0 Å². The molecule has 7 nitrogen and oxygen atoms in total. The van der Waals surface area contributed by atoms with E-state index in [9.17, 15) is 0 Å². The van der Waals surface area contributed by atoms with Gasteiger partial charge >= 0.3 is 0 Å². The van der Waals surface area contributed by atoms with Crippen LogP contribution in [0.15, 0.2) is 0 Å². The van der Waals surface area contributed by atoms with Gasteiger partial charge in [-0.25, -0.2) is 0 Å². The van der Waals surface area contributed by atoms with E-state index in [1.807, 2.05) is 112 Å². The molecule has 21 heteroatoms. The molecule has 51 heavy (non-hydrogen) atoms. The molecule has 0 unspecified atom stereocenters. The second kappa shape index (κ2) is 53.5. The van der Waals surface area contributed by atoms with Gasteiger partial charge in [-0.15, -0.1) is 0 Å². The topological polar surface area (TPSA) is 36.5 Å². The summed E-state index contributed by atoms with van der Waals surface area (Å²) in [5, 5.41) is 0. The van der Waals surface area contributed by atoms with E-state index in [2.05, 4.69) is 12.5 Å². The molecule has 0 fully saturated rings. The monoisotopic (exact) mass is 1030 g/mol. The maximum Gasteiger partial charge on any atom is 0.197 e. The molecule has 0 radical (unpaired) electrons. The van der Waals surface area contributed by atoms with Crippen molar-refractivity contribution in [3.63, 3.8) is 0 Å². The summed E-state index contributed by atoms with van der Waals surface area (Å²) in [6, 6.07) is 0. The van der Waals surface area contributed by atoms with Gasteiger partial charge in [0.25, 0.3) is 0 Å². The molecule has 0 N–H and O–H groups in total. The van der Waals surface area contributed by atoms with Crippen molar-refractivity contribution < 1.29 is 25.3 Å². The first kappa shape index (κ1) is 70.2. The molecule has 306 valence electrons. The Hall–Kier alpha value is 1.37. The second-order valence-electron chi connectivity index (χ2n) is 8.63. The minimum Gasteiger partial charge on any atom is -0.411 e. The van der Waals surface area contributed by atoms with E-state index in [1.165, 1.54) is 0 Å². The quantitative estimate of drug-likeness (QED) is 0.119. The zero-order valence-electron chi connectivity index (χ0n) is 32.3. The molecule has 0 amide bonds. The maximum atomic E-state index is 7.83. The van der Waals surface area contributed by atoms with Crippen molar-refractivity contribution >= 4 is 188 Å². The second-order valence-corrected chi connectivity index (χ2v) is 14.8. The van der Waals surface area contributed by atoms with Crippen molar-refractivity contribution in [3.8, 4) is 0 Å². The Morgan fingerprint density at radius 1 is 0.294 bits per heavy atom. The standard InChI is InChI=1S/6C5H11NS2.Mo.OS/c6*1-3-6(4-2)5(7)8;;1-2/h6*3-4H2,1-2H3,(H,7,8);;/p-6. The number of thiocarbonyl (C=S) groups is 6. The minimum atomic E-state index is 0. The summed E-state index contributed by atoms with van der Waals surface area (Å²) in [4.78, 5) is 11.8. The number of nitrogens with zero attached hydrogens (tertiary/aromatic N) is 6. The Morgan fingerprint density at radius 3 is 0.353 bits per heavy atom. The fraction of sp³-hybridized carbons (Fsp3) is 0.800. The van der Waals surface area contributed by atoms with Crippen LogP contribution in [0.2, 0.25) is 0 Å². The molecular weight excluding hydrogens is 973 g/mol. The van der Waals surface area contributed by atoms with Crippen LogP contribution in [-0.2, 0) is 109 Å². The maximum absolute atomic E-state index is 7.83. The van der Waals surface area contributed by atoms with E-state index in [4.69, 9.17) is 153 Å². The first-order chi connectivity index (χ1) is 23.3. The first-order valence-electron chi connectivity index (χ1n) is 16.2. The van der Waals surface area contributed by atoms with Crippen LogP contribution in [0.4, 0.5) is 0 Å². The molecule has 0 aliphatic rings. The molecule has 0 saturated heterocycles. The third-order valence-corrected chi connectivity index (χ3v) is 9.23. The van der Waals surface area contributed by atoms with Gasteiger partial charge in [0.2, 0.25) is 0 Å². The number of hydrogen-bond donors (Lipinski definition) is 0. The van der Waals surface area contributed by atoms with Gasteiger partial charge in [0, 0.05) is 99.6 Å². The summed E-state index contributed by atoms with van der Waals surface area (Å²) in [5.74, 6) is 0. The van der Waals surface area contributed by atoms with Crippen LogP contribution in [0.1, 0.15) is 83.1 Å². The van der Waals surface area contributed by atoms with Crippen LogP contribution >= 0.6 is 73.3 Å². The predicted octanol–water partition coefficient (Wildman–Crippen LogP) is 6.62. The molecule has 0 aromatic carbocycles. The van der Waals surface area contributed by atoms with Crippen LogP contribution in [0, 0.1) is 0 Å². The zero-order valence-corrected chi connectivity index (χ0v) is 44.9. The fourth-order valence-electron chi connectivity index (χ4n) is 2.89. The van der Waals surface area contributed by atoms with E-state index in [0.29, 0.717) is 25.9 Å². The summed E-state index contributed by atoms with van der Waals surface area (Å²) in [6.45, 7) is 35.7. The van der Waals surface area contributed by atoms with Gasteiger partial charge in [0.15, 0.2) is 12.5 Å². The zero-order chi connectivity index (χ0) is 41.4. The summed E-state index contributed by atoms with van der Waals surface area (Å²) in [7, 11) is 0. The molecule has 0 rings (SSSR count). The van der Waals surface area contributed by atoms with Crippen molar-refractivity contribution in [2.45, 2.75) is 83.1 Å². The molecule has 0 aliphatic carbocycles. The van der Waals surface area contributed by atoms with Crippen molar-refractivity contribution in [1.29, 1.82) is 0 Å². The van der Waals surface area contributed by atoms with Crippen LogP contribution in [0.5, 0.6) is 0 Å². The Labute approximate surface area is 399 Å². The SMILES string of the molecule is CCN(CC)C(=S)[S-].CCN(CC)C(=S)[S-].CCN(CC)C(=S)[S-].CCN(CC)C(=S)[S-].CCN(CC)C(=S)[S-].CCN(CC)C(=S)[S-].O=S.[Mo]. The largest absolute Gasteiger partial charge is 0.411 e. The third kappa shape index (κ3) is 51.4. The van der Waals surface area contributed by atoms with Gasteiger partial charge in [-0.05, 0) is 83.1 Å². The summed E-state index contributed by atoms with van der Waals surface area (Å²) < 4.78 is 11.3. The summed E-state index contributed by atoms with van der Waals surface area (Å²) in [5.41, 5.74) is 0. The van der Waals surface area contributed by atoms with Gasteiger partial charge in [-0.3, -0.25) is 0 Å². The predicted molar refractivity (Wildman–Crippen MR) is 265 cm³/mol. The van der Waals surface area contributed by atoms with Crippen molar-refractivity contribution in [2.75, 3.05) is 78.5 Å². The third-order valence-electron chi connectivity index (χ3n) is 6.13. The van der Waals surface area contributed by atoms with Crippen molar-refractivity contribution in [1.82, 2.24) is 29.4 Å². The van der Waals surface area contributed by atoms with E-state index >= 15 is 0 Å². The van der Waals surface area contributed by atoms with Crippen LogP contribution in [0.3, 0.4) is 0 Å². The first-order valence-corrected chi connectivity index (χ1v) is 21.5. The average molecular weight is 1030 g/mol. The van der Waals surface area contributed by atoms with Crippen molar-refractivity contribution in [3.05, 3.63) is 0 Å². The van der Waals surface area contributed by atoms with Gasteiger partial charge in [-0.1, -0.05) is 25.9 Å². The summed E-state index contributed by atoms with van der Waals surface area (Å²) in [6.07, 6.45) is 0. The van der Waals surface area contributed by atoms with Gasteiger partial charge in [0.05, 0.1) is 0 Å². The van der Waals surface area contributed by atoms with Gasteiger partial charge in [0.1, 0.15) is 0 Å². The average Bonchev–Trinajstić information content (AvgIpc) is 3.06. The molecule has 0 atom stereocenters. The Balaban J connectivity index is -0.0000000715. The molecule has 0 aromatic rings. The molecule has 0 saturated carbocycles. The van der Waals surface area contributed by atoms with E-state index in [1.54, 1.807) is 0 Å². The molecule has 0 aromatic heterocycles. The van der Waals surface area contributed by atoms with Crippen molar-refractivity contribution in [2.24, 2.45) is 0 Å². The normalized spacial score (nSPS) is 8.31. The van der Waals surface area contributed by atoms with E-state index in [-0.39, 0.29) is 21.1 Å².